The van der Waals surface area contributed by atoms with Crippen LogP contribution in [0.4, 0.5) is 5.69 Å². The minimum Gasteiger partial charge on any atom is -0.311 e. The summed E-state index contributed by atoms with van der Waals surface area (Å²) >= 11 is 6.83. The summed E-state index contributed by atoms with van der Waals surface area (Å²) in [7, 11) is 0. The predicted molar refractivity (Wildman–Crippen MR) is 88.1 cm³/mol. The molecule has 0 spiro atoms. The smallest absolute Gasteiger partial charge is 0.269 e. The minimum atomic E-state index is -0.390. The van der Waals surface area contributed by atoms with Gasteiger partial charge < -0.3 is 5.32 Å². The van der Waals surface area contributed by atoms with Gasteiger partial charge in [0.05, 0.1) is 10.6 Å². The molecule has 0 saturated heterocycles. The van der Waals surface area contributed by atoms with Crippen LogP contribution in [0.5, 0.6) is 0 Å². The molecule has 1 heterocycles. The number of hydrogen-bond acceptors (Lipinski definition) is 4. The van der Waals surface area contributed by atoms with Crippen LogP contribution in [-0.4, -0.2) is 16.5 Å². The van der Waals surface area contributed by atoms with Crippen molar-refractivity contribution in [2.24, 2.45) is 0 Å². The Bertz CT molecular complexity index is 633. The molecule has 0 aliphatic carbocycles. The molecule has 110 valence electrons. The second-order valence-corrected chi connectivity index (χ2v) is 6.20. The van der Waals surface area contributed by atoms with Gasteiger partial charge in [-0.05, 0) is 56.5 Å². The van der Waals surface area contributed by atoms with Gasteiger partial charge in [-0.3, -0.25) is 15.1 Å². The minimum absolute atomic E-state index is 0.120. The van der Waals surface area contributed by atoms with Crippen LogP contribution in [0, 0.1) is 10.1 Å². The van der Waals surface area contributed by atoms with Crippen molar-refractivity contribution in [2.75, 3.05) is 6.54 Å². The van der Waals surface area contributed by atoms with Crippen LogP contribution in [0.25, 0.3) is 0 Å². The van der Waals surface area contributed by atoms with Crippen LogP contribution in [0.3, 0.4) is 0 Å². The second kappa shape index (κ2) is 7.63. The number of pyridine rings is 1. The maximum atomic E-state index is 10.6. The maximum absolute atomic E-state index is 10.6. The highest BCUT2D eigenvalue weighted by Crippen LogP contribution is 2.19. The lowest BCUT2D eigenvalue weighted by Gasteiger charge is -2.06. The molecular formula is C14H13Br2N3O2. The first-order valence-electron chi connectivity index (χ1n) is 6.30. The predicted octanol–water partition coefficient (Wildman–Crippen LogP) is 3.85. The van der Waals surface area contributed by atoms with Crippen LogP contribution in [0.15, 0.2) is 45.5 Å². The number of nitrogens with zero attached hydrogens (tertiary/aromatic N) is 2. The fraction of sp³-hybridized carbons (Fsp3) is 0.214. The van der Waals surface area contributed by atoms with Gasteiger partial charge in [0.1, 0.15) is 0 Å². The number of aromatic nitrogens is 1. The van der Waals surface area contributed by atoms with Crippen LogP contribution < -0.4 is 5.32 Å². The molecule has 0 aliphatic rings. The maximum Gasteiger partial charge on any atom is 0.269 e. The van der Waals surface area contributed by atoms with Crippen LogP contribution in [0.1, 0.15) is 11.3 Å². The normalized spacial score (nSPS) is 10.6. The lowest BCUT2D eigenvalue weighted by atomic mass is 10.1. The van der Waals surface area contributed by atoms with Gasteiger partial charge in [0.2, 0.25) is 0 Å². The Hall–Kier alpha value is -1.31. The van der Waals surface area contributed by atoms with E-state index >= 15 is 0 Å². The van der Waals surface area contributed by atoms with Crippen LogP contribution in [-0.2, 0) is 13.0 Å². The largest absolute Gasteiger partial charge is 0.311 e. The third-order valence-electron chi connectivity index (χ3n) is 2.91. The molecule has 21 heavy (non-hydrogen) atoms. The third-order valence-corrected chi connectivity index (χ3v) is 4.03. The number of non-ortho nitro benzene ring substituents is 1. The summed E-state index contributed by atoms with van der Waals surface area (Å²) in [5.41, 5.74) is 2.13. The zero-order valence-corrected chi connectivity index (χ0v) is 14.2. The Morgan fingerprint density at radius 2 is 1.95 bits per heavy atom. The Balaban J connectivity index is 1.80. The van der Waals surface area contributed by atoms with E-state index in [0.29, 0.717) is 6.54 Å². The SMILES string of the molecule is O=[N+]([O-])c1ccc(CCNCc2ncc(Br)cc2Br)cc1. The van der Waals surface area contributed by atoms with Gasteiger partial charge in [-0.1, -0.05) is 12.1 Å². The van der Waals surface area contributed by atoms with Crippen molar-refractivity contribution in [1.29, 1.82) is 0 Å². The van der Waals surface area contributed by atoms with Gasteiger partial charge in [-0.25, -0.2) is 0 Å². The average Bonchev–Trinajstić information content (AvgIpc) is 2.46. The topological polar surface area (TPSA) is 68.1 Å². The number of hydrogen-bond donors (Lipinski definition) is 1. The summed E-state index contributed by atoms with van der Waals surface area (Å²) < 4.78 is 1.89. The first kappa shape index (κ1) is 16.1. The van der Waals surface area contributed by atoms with E-state index in [9.17, 15) is 10.1 Å². The number of nitrogens with one attached hydrogen (secondary N) is 1. The quantitative estimate of drug-likeness (QED) is 0.442. The fourth-order valence-corrected chi connectivity index (χ4v) is 2.92. The van der Waals surface area contributed by atoms with E-state index in [-0.39, 0.29) is 5.69 Å². The number of benzene rings is 1. The Morgan fingerprint density at radius 1 is 1.24 bits per heavy atom. The summed E-state index contributed by atoms with van der Waals surface area (Å²) in [6.45, 7) is 1.45. The molecule has 2 aromatic rings. The molecule has 5 nitrogen and oxygen atoms in total. The van der Waals surface area contributed by atoms with E-state index in [1.165, 1.54) is 12.1 Å². The van der Waals surface area contributed by atoms with Crippen molar-refractivity contribution in [3.8, 4) is 0 Å². The van der Waals surface area contributed by atoms with Gasteiger partial charge in [0, 0.05) is 33.8 Å². The van der Waals surface area contributed by atoms with Crippen molar-refractivity contribution in [2.45, 2.75) is 13.0 Å². The summed E-state index contributed by atoms with van der Waals surface area (Å²) in [4.78, 5) is 14.5. The van der Waals surface area contributed by atoms with Gasteiger partial charge in [0.25, 0.3) is 5.69 Å². The lowest BCUT2D eigenvalue weighted by molar-refractivity contribution is -0.384. The molecule has 0 radical (unpaired) electrons. The molecule has 1 aromatic carbocycles. The fourth-order valence-electron chi connectivity index (χ4n) is 1.80. The Kier molecular flexibility index (Phi) is 5.84. The molecule has 0 amide bonds. The molecular weight excluding hydrogens is 402 g/mol. The van der Waals surface area contributed by atoms with Crippen molar-refractivity contribution < 1.29 is 4.92 Å². The van der Waals surface area contributed by atoms with E-state index in [1.807, 2.05) is 6.07 Å². The van der Waals surface area contributed by atoms with E-state index in [1.54, 1.807) is 18.3 Å². The molecule has 7 heteroatoms. The van der Waals surface area contributed by atoms with E-state index in [2.05, 4.69) is 42.2 Å². The Morgan fingerprint density at radius 3 is 2.57 bits per heavy atom. The number of rotatable bonds is 6. The van der Waals surface area contributed by atoms with Gasteiger partial charge in [-0.2, -0.15) is 0 Å². The van der Waals surface area contributed by atoms with Gasteiger partial charge in [0.15, 0.2) is 0 Å². The molecule has 1 N–H and O–H groups in total. The van der Waals surface area contributed by atoms with Gasteiger partial charge >= 0.3 is 0 Å². The highest BCUT2D eigenvalue weighted by molar-refractivity contribution is 9.11. The van der Waals surface area contributed by atoms with E-state index < -0.39 is 4.92 Å². The van der Waals surface area contributed by atoms with Crippen LogP contribution in [0.2, 0.25) is 0 Å². The third kappa shape index (κ3) is 4.87. The molecule has 1 aromatic heterocycles. The highest BCUT2D eigenvalue weighted by atomic mass is 79.9. The monoisotopic (exact) mass is 413 g/mol. The highest BCUT2D eigenvalue weighted by Gasteiger charge is 2.04. The van der Waals surface area contributed by atoms with E-state index in [0.717, 1.165) is 33.2 Å². The molecule has 2 rings (SSSR count). The molecule has 0 saturated carbocycles. The second-order valence-electron chi connectivity index (χ2n) is 4.43. The van der Waals surface area contributed by atoms with Crippen molar-refractivity contribution in [3.63, 3.8) is 0 Å². The molecule has 0 bridgehead atoms. The van der Waals surface area contributed by atoms with Gasteiger partial charge in [-0.15, -0.1) is 0 Å². The number of halogens is 2. The Labute approximate surface area is 139 Å². The lowest BCUT2D eigenvalue weighted by Crippen LogP contribution is -2.17. The number of nitro benzene ring substituents is 1. The summed E-state index contributed by atoms with van der Waals surface area (Å²) in [6, 6.07) is 8.59. The zero-order chi connectivity index (χ0) is 15.2. The van der Waals surface area contributed by atoms with Crippen molar-refractivity contribution >= 4 is 37.5 Å². The van der Waals surface area contributed by atoms with E-state index in [4.69, 9.17) is 0 Å². The first-order valence-corrected chi connectivity index (χ1v) is 7.89. The summed E-state index contributed by atoms with van der Waals surface area (Å²) in [5.74, 6) is 0. The molecule has 0 atom stereocenters. The molecule has 0 unspecified atom stereocenters. The van der Waals surface area contributed by atoms with Crippen molar-refractivity contribution in [1.82, 2.24) is 10.3 Å². The molecule has 0 fully saturated rings. The summed E-state index contributed by atoms with van der Waals surface area (Å²) in [5, 5.41) is 13.9. The number of nitro groups is 1. The van der Waals surface area contributed by atoms with Crippen molar-refractivity contribution in [3.05, 3.63) is 66.8 Å². The summed E-state index contributed by atoms with van der Waals surface area (Å²) in [6.07, 6.45) is 2.57. The first-order chi connectivity index (χ1) is 10.1. The zero-order valence-electron chi connectivity index (χ0n) is 11.1. The average molecular weight is 415 g/mol. The van der Waals surface area contributed by atoms with Crippen LogP contribution >= 0.6 is 31.9 Å². The standard InChI is InChI=1S/C14H13Br2N3O2/c15-11-7-13(16)14(18-8-11)9-17-6-5-10-1-3-12(4-2-10)19(20)21/h1-4,7-8,17H,5-6,9H2. The molecule has 0 aliphatic heterocycles.